The molecule has 0 radical (unpaired) electrons. The van der Waals surface area contributed by atoms with E-state index in [1.54, 1.807) is 0 Å². The van der Waals surface area contributed by atoms with Gasteiger partial charge in [-0.25, -0.2) is 0 Å². The van der Waals surface area contributed by atoms with Crippen LogP contribution in [0.4, 0.5) is 0 Å². The molecule has 0 heterocycles. The zero-order chi connectivity index (χ0) is 14.2. The second-order valence-corrected chi connectivity index (χ2v) is 6.63. The van der Waals surface area contributed by atoms with Crippen molar-refractivity contribution in [1.82, 2.24) is 5.32 Å². The lowest BCUT2D eigenvalue weighted by atomic mass is 9.89. The quantitative estimate of drug-likeness (QED) is 0.805. The van der Waals surface area contributed by atoms with Gasteiger partial charge in [-0.3, -0.25) is 4.79 Å². The lowest BCUT2D eigenvalue weighted by Gasteiger charge is -2.25. The van der Waals surface area contributed by atoms with E-state index in [-0.39, 0.29) is 5.91 Å². The van der Waals surface area contributed by atoms with Crippen LogP contribution in [0.25, 0.3) is 0 Å². The fraction of sp³-hybridized carbons (Fsp3) is 0.562. The summed E-state index contributed by atoms with van der Waals surface area (Å²) in [6.07, 6.45) is 5.27. The normalized spacial score (nSPS) is 22.2. The number of hydrogen-bond acceptors (Lipinski definition) is 2. The summed E-state index contributed by atoms with van der Waals surface area (Å²) in [5.41, 5.74) is 0. The van der Waals surface area contributed by atoms with Crippen LogP contribution in [0.15, 0.2) is 30.3 Å². The maximum Gasteiger partial charge on any atom is 0.223 e. The Morgan fingerprint density at radius 1 is 1.20 bits per heavy atom. The molecule has 0 atom stereocenters. The number of carbonyl (C=O) groups is 1. The summed E-state index contributed by atoms with van der Waals surface area (Å²) in [4.78, 5) is 12.4. The molecule has 1 amide bonds. The molecule has 20 heavy (non-hydrogen) atoms. The number of halogens is 1. The van der Waals surface area contributed by atoms with E-state index < -0.39 is 0 Å². The Balaban J connectivity index is 1.56. The highest BCUT2D eigenvalue weighted by molar-refractivity contribution is 9.09. The van der Waals surface area contributed by atoms with E-state index in [1.165, 1.54) is 25.7 Å². The third-order valence-corrected chi connectivity index (χ3v) is 4.62. The van der Waals surface area contributed by atoms with Crippen molar-refractivity contribution in [2.75, 3.05) is 13.2 Å². The SMILES string of the molecule is O=C(CCOc1ccccc1)NCC1CCC(Br)CC1. The zero-order valence-corrected chi connectivity index (χ0v) is 13.3. The number of benzene rings is 1. The first-order chi connectivity index (χ1) is 9.74. The predicted molar refractivity (Wildman–Crippen MR) is 84.2 cm³/mol. The van der Waals surface area contributed by atoms with Crippen LogP contribution in [0, 0.1) is 5.92 Å². The molecule has 0 bridgehead atoms. The molecule has 110 valence electrons. The van der Waals surface area contributed by atoms with Gasteiger partial charge in [0.15, 0.2) is 0 Å². The summed E-state index contributed by atoms with van der Waals surface area (Å²) in [5, 5.41) is 3.02. The maximum atomic E-state index is 11.7. The van der Waals surface area contributed by atoms with Crippen molar-refractivity contribution < 1.29 is 9.53 Å². The van der Waals surface area contributed by atoms with Crippen LogP contribution >= 0.6 is 15.9 Å². The fourth-order valence-corrected chi connectivity index (χ4v) is 2.98. The zero-order valence-electron chi connectivity index (χ0n) is 11.7. The number of ether oxygens (including phenoxy) is 1. The van der Waals surface area contributed by atoms with E-state index in [0.717, 1.165) is 12.3 Å². The largest absolute Gasteiger partial charge is 0.493 e. The standard InChI is InChI=1S/C16H22BrNO2/c17-14-8-6-13(7-9-14)12-18-16(19)10-11-20-15-4-2-1-3-5-15/h1-5,13-14H,6-12H2,(H,18,19). The van der Waals surface area contributed by atoms with E-state index in [2.05, 4.69) is 21.2 Å². The second kappa shape index (κ2) is 8.30. The molecule has 4 heteroatoms. The first-order valence-corrected chi connectivity index (χ1v) is 8.24. The first-order valence-electron chi connectivity index (χ1n) is 7.32. The molecule has 1 aliphatic rings. The number of rotatable bonds is 6. The Kier molecular flexibility index (Phi) is 6.37. The highest BCUT2D eigenvalue weighted by Crippen LogP contribution is 2.28. The molecular formula is C16H22BrNO2. The minimum atomic E-state index is 0.0851. The molecule has 0 spiro atoms. The van der Waals surface area contributed by atoms with E-state index >= 15 is 0 Å². The molecule has 1 aromatic carbocycles. The lowest BCUT2D eigenvalue weighted by Crippen LogP contribution is -2.32. The average Bonchev–Trinajstić information content (AvgIpc) is 2.48. The van der Waals surface area contributed by atoms with Gasteiger partial charge >= 0.3 is 0 Å². The Labute approximate surface area is 129 Å². The monoisotopic (exact) mass is 339 g/mol. The van der Waals surface area contributed by atoms with Crippen LogP contribution in [0.1, 0.15) is 32.1 Å². The smallest absolute Gasteiger partial charge is 0.223 e. The van der Waals surface area contributed by atoms with E-state index in [1.807, 2.05) is 30.3 Å². The summed E-state index contributed by atoms with van der Waals surface area (Å²) in [7, 11) is 0. The molecule has 1 fully saturated rings. The molecule has 0 saturated heterocycles. The van der Waals surface area contributed by atoms with Crippen LogP contribution in [-0.4, -0.2) is 23.9 Å². The van der Waals surface area contributed by atoms with Crippen molar-refractivity contribution in [2.45, 2.75) is 36.9 Å². The van der Waals surface area contributed by atoms with Crippen molar-refractivity contribution in [3.05, 3.63) is 30.3 Å². The van der Waals surface area contributed by atoms with Crippen LogP contribution in [-0.2, 0) is 4.79 Å². The van der Waals surface area contributed by atoms with Gasteiger partial charge in [0.2, 0.25) is 5.91 Å². The highest BCUT2D eigenvalue weighted by atomic mass is 79.9. The number of hydrogen-bond donors (Lipinski definition) is 1. The first kappa shape index (κ1) is 15.4. The number of nitrogens with one attached hydrogen (secondary N) is 1. The van der Waals surface area contributed by atoms with Gasteiger partial charge in [0.1, 0.15) is 5.75 Å². The second-order valence-electron chi connectivity index (χ2n) is 5.33. The third kappa shape index (κ3) is 5.53. The van der Waals surface area contributed by atoms with Gasteiger partial charge in [0, 0.05) is 11.4 Å². The van der Waals surface area contributed by atoms with Crippen molar-refractivity contribution in [3.8, 4) is 5.75 Å². The van der Waals surface area contributed by atoms with Crippen LogP contribution in [0.3, 0.4) is 0 Å². The molecule has 1 saturated carbocycles. The highest BCUT2D eigenvalue weighted by Gasteiger charge is 2.19. The number of alkyl halides is 1. The summed E-state index contributed by atoms with van der Waals surface area (Å²) in [5.74, 6) is 1.54. The molecule has 0 aromatic heterocycles. The molecule has 3 nitrogen and oxygen atoms in total. The third-order valence-electron chi connectivity index (χ3n) is 3.71. The minimum absolute atomic E-state index is 0.0851. The van der Waals surface area contributed by atoms with Crippen molar-refractivity contribution in [1.29, 1.82) is 0 Å². The molecule has 1 N–H and O–H groups in total. The number of para-hydroxylation sites is 1. The number of carbonyl (C=O) groups excluding carboxylic acids is 1. The molecule has 1 aromatic rings. The number of amides is 1. The van der Waals surface area contributed by atoms with Crippen LogP contribution in [0.5, 0.6) is 5.75 Å². The van der Waals surface area contributed by atoms with Gasteiger partial charge in [-0.2, -0.15) is 0 Å². The predicted octanol–water partition coefficient (Wildman–Crippen LogP) is 3.53. The summed E-state index contributed by atoms with van der Waals surface area (Å²) in [6, 6.07) is 9.60. The fourth-order valence-electron chi connectivity index (χ4n) is 2.45. The van der Waals surface area contributed by atoms with E-state index in [4.69, 9.17) is 4.74 Å². The topological polar surface area (TPSA) is 38.3 Å². The van der Waals surface area contributed by atoms with Gasteiger partial charge in [-0.15, -0.1) is 0 Å². The van der Waals surface area contributed by atoms with Gasteiger partial charge in [-0.1, -0.05) is 34.1 Å². The van der Waals surface area contributed by atoms with E-state index in [9.17, 15) is 4.79 Å². The van der Waals surface area contributed by atoms with Crippen molar-refractivity contribution >= 4 is 21.8 Å². The maximum absolute atomic E-state index is 11.7. The lowest BCUT2D eigenvalue weighted by molar-refractivity contribution is -0.121. The van der Waals surface area contributed by atoms with E-state index in [0.29, 0.717) is 23.8 Å². The average molecular weight is 340 g/mol. The van der Waals surface area contributed by atoms with Crippen LogP contribution in [0.2, 0.25) is 0 Å². The van der Waals surface area contributed by atoms with Gasteiger partial charge in [-0.05, 0) is 43.7 Å². The molecule has 1 aliphatic carbocycles. The Hall–Kier alpha value is -1.03. The molecular weight excluding hydrogens is 318 g/mol. The Morgan fingerprint density at radius 3 is 2.60 bits per heavy atom. The summed E-state index contributed by atoms with van der Waals surface area (Å²) >= 11 is 3.65. The van der Waals surface area contributed by atoms with Crippen molar-refractivity contribution in [3.63, 3.8) is 0 Å². The Morgan fingerprint density at radius 2 is 1.90 bits per heavy atom. The Bertz CT molecular complexity index is 402. The van der Waals surface area contributed by atoms with Crippen LogP contribution < -0.4 is 10.1 Å². The van der Waals surface area contributed by atoms with Crippen molar-refractivity contribution in [2.24, 2.45) is 5.92 Å². The van der Waals surface area contributed by atoms with Gasteiger partial charge < -0.3 is 10.1 Å². The summed E-state index contributed by atoms with van der Waals surface area (Å²) < 4.78 is 5.52. The molecule has 0 unspecified atom stereocenters. The molecule has 2 rings (SSSR count). The molecule has 0 aliphatic heterocycles. The van der Waals surface area contributed by atoms with Gasteiger partial charge in [0.05, 0.1) is 13.0 Å². The summed E-state index contributed by atoms with van der Waals surface area (Å²) in [6.45, 7) is 1.24. The van der Waals surface area contributed by atoms with Gasteiger partial charge in [0.25, 0.3) is 0 Å². The minimum Gasteiger partial charge on any atom is -0.493 e.